The molecule has 1 fully saturated rings. The maximum Gasteiger partial charge on any atom is 0.332 e. The molecule has 4 rings (SSSR count). The molecular weight excluding hydrogens is 418 g/mol. The molecule has 1 aliphatic heterocycles. The molecule has 1 heterocycles. The summed E-state index contributed by atoms with van der Waals surface area (Å²) >= 11 is 0. The van der Waals surface area contributed by atoms with E-state index in [-0.39, 0.29) is 18.4 Å². The van der Waals surface area contributed by atoms with Gasteiger partial charge >= 0.3 is 6.03 Å². The number of carbonyl (C=O) groups is 3. The average molecular weight is 446 g/mol. The number of ether oxygens (including phenoxy) is 1. The Kier molecular flexibility index (Phi) is 6.05. The maximum atomic E-state index is 13.0. The van der Waals surface area contributed by atoms with Gasteiger partial charge in [0.1, 0.15) is 18.3 Å². The summed E-state index contributed by atoms with van der Waals surface area (Å²) in [7, 11) is 3.31. The molecule has 4 amide bonds. The zero-order chi connectivity index (χ0) is 23.7. The lowest BCUT2D eigenvalue weighted by Crippen LogP contribution is -2.42. The monoisotopic (exact) mass is 445 g/mol. The number of methoxy groups -OCH3 is 1. The highest BCUT2D eigenvalue weighted by atomic mass is 16.5. The molecule has 170 valence electrons. The molecule has 0 unspecified atom stereocenters. The first kappa shape index (κ1) is 22.3. The second-order valence-corrected chi connectivity index (χ2v) is 8.39. The zero-order valence-corrected chi connectivity index (χ0v) is 19.2. The number of fused-ring (bicyclic) bond motifs is 1. The molecule has 3 aromatic rings. The molecule has 0 spiro atoms. The van der Waals surface area contributed by atoms with Gasteiger partial charge in [-0.25, -0.2) is 4.79 Å². The van der Waals surface area contributed by atoms with Crippen molar-refractivity contribution in [2.75, 3.05) is 25.6 Å². The van der Waals surface area contributed by atoms with Crippen molar-refractivity contribution in [2.45, 2.75) is 26.4 Å². The molecule has 0 saturated carbocycles. The van der Waals surface area contributed by atoms with Crippen molar-refractivity contribution in [3.8, 4) is 5.75 Å². The number of aryl methyl sites for hydroxylation is 1. The number of anilines is 1. The Labute approximate surface area is 193 Å². The summed E-state index contributed by atoms with van der Waals surface area (Å²) in [5, 5.41) is 2.09. The standard InChI is InChI=1S/C26H27N3O4/c1-17-5-10-22(11-6-17)29-18(2)25(31)28(26(29)32)16-24(30)27(3)15-19-7-8-21-14-23(33-4)12-9-20(21)13-19/h5-14,18H,15-16H2,1-4H3/t18-/m0/s1. The van der Waals surface area contributed by atoms with Crippen LogP contribution in [0.15, 0.2) is 60.7 Å². The van der Waals surface area contributed by atoms with E-state index >= 15 is 0 Å². The summed E-state index contributed by atoms with van der Waals surface area (Å²) in [4.78, 5) is 42.6. The zero-order valence-electron chi connectivity index (χ0n) is 19.2. The molecule has 33 heavy (non-hydrogen) atoms. The first-order valence-electron chi connectivity index (χ1n) is 10.8. The van der Waals surface area contributed by atoms with Gasteiger partial charge in [0.25, 0.3) is 5.91 Å². The number of imide groups is 1. The molecule has 3 aromatic carbocycles. The van der Waals surface area contributed by atoms with Gasteiger partial charge in [-0.2, -0.15) is 0 Å². The molecule has 0 bridgehead atoms. The van der Waals surface area contributed by atoms with E-state index < -0.39 is 12.1 Å². The SMILES string of the molecule is COc1ccc2cc(CN(C)C(=O)CN3C(=O)[C@H](C)N(c4ccc(C)cc4)C3=O)ccc2c1. The normalized spacial score (nSPS) is 15.9. The quantitative estimate of drug-likeness (QED) is 0.539. The predicted octanol–water partition coefficient (Wildman–Crippen LogP) is 3.97. The van der Waals surface area contributed by atoms with Crippen molar-refractivity contribution in [2.24, 2.45) is 0 Å². The number of amides is 4. The van der Waals surface area contributed by atoms with Gasteiger partial charge in [0.2, 0.25) is 5.91 Å². The van der Waals surface area contributed by atoms with Crippen LogP contribution < -0.4 is 9.64 Å². The Hall–Kier alpha value is -3.87. The van der Waals surface area contributed by atoms with Gasteiger partial charge in [0.05, 0.1) is 7.11 Å². The number of carbonyl (C=O) groups excluding carboxylic acids is 3. The molecule has 0 radical (unpaired) electrons. The third kappa shape index (κ3) is 4.39. The van der Waals surface area contributed by atoms with Crippen molar-refractivity contribution in [3.05, 3.63) is 71.8 Å². The van der Waals surface area contributed by atoms with Crippen molar-refractivity contribution >= 4 is 34.3 Å². The minimum atomic E-state index is -0.657. The van der Waals surface area contributed by atoms with Crippen LogP contribution in [0.2, 0.25) is 0 Å². The van der Waals surface area contributed by atoms with Gasteiger partial charge in [-0.05, 0) is 60.5 Å². The third-order valence-electron chi connectivity index (χ3n) is 6.01. The lowest BCUT2D eigenvalue weighted by molar-refractivity contribution is -0.136. The molecule has 1 atom stereocenters. The minimum absolute atomic E-state index is 0.286. The van der Waals surface area contributed by atoms with Crippen LogP contribution in [0, 0.1) is 6.92 Å². The Morgan fingerprint density at radius 1 is 1.00 bits per heavy atom. The molecular formula is C26H27N3O4. The summed E-state index contributed by atoms with van der Waals surface area (Å²) in [6, 6.07) is 18.1. The van der Waals surface area contributed by atoms with E-state index in [9.17, 15) is 14.4 Å². The summed E-state index contributed by atoms with van der Waals surface area (Å²) in [6.07, 6.45) is 0. The Bertz CT molecular complexity index is 1220. The molecule has 0 N–H and O–H groups in total. The molecule has 1 aliphatic rings. The number of hydrogen-bond donors (Lipinski definition) is 0. The van der Waals surface area contributed by atoms with Gasteiger partial charge in [-0.3, -0.25) is 19.4 Å². The van der Waals surface area contributed by atoms with Gasteiger partial charge < -0.3 is 9.64 Å². The van der Waals surface area contributed by atoms with E-state index in [1.807, 2.05) is 67.6 Å². The number of hydrogen-bond acceptors (Lipinski definition) is 4. The van der Waals surface area contributed by atoms with E-state index in [0.717, 1.165) is 32.5 Å². The number of rotatable bonds is 6. The predicted molar refractivity (Wildman–Crippen MR) is 127 cm³/mol. The largest absolute Gasteiger partial charge is 0.497 e. The Balaban J connectivity index is 1.45. The van der Waals surface area contributed by atoms with Gasteiger partial charge in [0, 0.05) is 19.3 Å². The van der Waals surface area contributed by atoms with E-state index in [1.54, 1.807) is 21.1 Å². The third-order valence-corrected chi connectivity index (χ3v) is 6.01. The lowest BCUT2D eigenvalue weighted by Gasteiger charge is -2.22. The number of nitrogens with zero attached hydrogens (tertiary/aromatic N) is 3. The first-order chi connectivity index (χ1) is 15.8. The second-order valence-electron chi connectivity index (χ2n) is 8.39. The van der Waals surface area contributed by atoms with Crippen LogP contribution in [0.5, 0.6) is 5.75 Å². The van der Waals surface area contributed by atoms with Crippen molar-refractivity contribution in [3.63, 3.8) is 0 Å². The Morgan fingerprint density at radius 2 is 1.67 bits per heavy atom. The fourth-order valence-electron chi connectivity index (χ4n) is 4.03. The number of likely N-dealkylation sites (N-methyl/N-ethyl adjacent to an activating group) is 1. The van der Waals surface area contributed by atoms with Crippen LogP contribution in [-0.4, -0.2) is 54.4 Å². The fourth-order valence-corrected chi connectivity index (χ4v) is 4.03. The molecule has 0 aromatic heterocycles. The number of urea groups is 1. The maximum absolute atomic E-state index is 13.0. The van der Waals surface area contributed by atoms with Crippen LogP contribution in [0.3, 0.4) is 0 Å². The highest BCUT2D eigenvalue weighted by Gasteiger charge is 2.44. The summed E-state index contributed by atoms with van der Waals surface area (Å²) < 4.78 is 5.26. The van der Waals surface area contributed by atoms with E-state index in [1.165, 1.54) is 9.80 Å². The van der Waals surface area contributed by atoms with Crippen LogP contribution in [-0.2, 0) is 16.1 Å². The fraction of sp³-hybridized carbons (Fsp3) is 0.269. The smallest absolute Gasteiger partial charge is 0.332 e. The lowest BCUT2D eigenvalue weighted by atomic mass is 10.1. The van der Waals surface area contributed by atoms with E-state index in [4.69, 9.17) is 4.74 Å². The molecule has 1 saturated heterocycles. The van der Waals surface area contributed by atoms with Crippen molar-refractivity contribution < 1.29 is 19.1 Å². The minimum Gasteiger partial charge on any atom is -0.497 e. The van der Waals surface area contributed by atoms with Gasteiger partial charge in [-0.1, -0.05) is 35.9 Å². The van der Waals surface area contributed by atoms with Crippen LogP contribution in [0.25, 0.3) is 10.8 Å². The van der Waals surface area contributed by atoms with Crippen molar-refractivity contribution in [1.82, 2.24) is 9.80 Å². The average Bonchev–Trinajstić information content (AvgIpc) is 3.02. The van der Waals surface area contributed by atoms with E-state index in [2.05, 4.69) is 0 Å². The van der Waals surface area contributed by atoms with Crippen LogP contribution >= 0.6 is 0 Å². The topological polar surface area (TPSA) is 70.2 Å². The Morgan fingerprint density at radius 3 is 2.36 bits per heavy atom. The highest BCUT2D eigenvalue weighted by molar-refractivity contribution is 6.15. The summed E-state index contributed by atoms with van der Waals surface area (Å²) in [5.41, 5.74) is 2.66. The summed E-state index contributed by atoms with van der Waals surface area (Å²) in [5.74, 6) is 0.114. The summed E-state index contributed by atoms with van der Waals surface area (Å²) in [6.45, 7) is 3.72. The molecule has 0 aliphatic carbocycles. The van der Waals surface area contributed by atoms with E-state index in [0.29, 0.717) is 12.2 Å². The molecule has 7 heteroatoms. The van der Waals surface area contributed by atoms with Crippen molar-refractivity contribution in [1.29, 1.82) is 0 Å². The first-order valence-corrected chi connectivity index (χ1v) is 10.8. The highest BCUT2D eigenvalue weighted by Crippen LogP contribution is 2.26. The molecule has 7 nitrogen and oxygen atoms in total. The second kappa shape index (κ2) is 8.94. The number of benzene rings is 3. The van der Waals surface area contributed by atoms with Gasteiger partial charge in [0.15, 0.2) is 0 Å². The van der Waals surface area contributed by atoms with Gasteiger partial charge in [-0.15, -0.1) is 0 Å². The van der Waals surface area contributed by atoms with Crippen LogP contribution in [0.4, 0.5) is 10.5 Å². The van der Waals surface area contributed by atoms with Crippen LogP contribution in [0.1, 0.15) is 18.1 Å².